The van der Waals surface area contributed by atoms with Crippen LogP contribution < -0.4 is 5.48 Å². The molecule has 0 bridgehead atoms. The predicted molar refractivity (Wildman–Crippen MR) is 40.7 cm³/mol. The van der Waals surface area contributed by atoms with E-state index in [1.807, 2.05) is 20.8 Å². The zero-order chi connectivity index (χ0) is 8.91. The van der Waals surface area contributed by atoms with Crippen molar-refractivity contribution in [2.45, 2.75) is 26.4 Å². The molecule has 0 atom stereocenters. The van der Waals surface area contributed by atoms with Crippen molar-refractivity contribution in [3.63, 3.8) is 0 Å². The first kappa shape index (κ1) is 9.97. The Balaban J connectivity index is 3.50. The highest BCUT2D eigenvalue weighted by atomic mass is 16.7. The van der Waals surface area contributed by atoms with E-state index in [0.29, 0.717) is 0 Å². The predicted octanol–water partition coefficient (Wildman–Crippen LogP) is 0.904. The summed E-state index contributed by atoms with van der Waals surface area (Å²) >= 11 is 0. The largest absolute Gasteiger partial charge is 0.478 e. The molecule has 0 aromatic heterocycles. The van der Waals surface area contributed by atoms with Crippen LogP contribution in [0.5, 0.6) is 0 Å². The van der Waals surface area contributed by atoms with Gasteiger partial charge in [-0.1, -0.05) is 0 Å². The van der Waals surface area contributed by atoms with Crippen molar-refractivity contribution >= 4 is 5.97 Å². The van der Waals surface area contributed by atoms with Gasteiger partial charge in [0.05, 0.1) is 5.60 Å². The molecule has 64 valence electrons. The Morgan fingerprint density at radius 2 is 2.09 bits per heavy atom. The second kappa shape index (κ2) is 3.98. The van der Waals surface area contributed by atoms with Crippen LogP contribution in [0.3, 0.4) is 0 Å². The summed E-state index contributed by atoms with van der Waals surface area (Å²) in [6, 6.07) is 0. The quantitative estimate of drug-likeness (QED) is 0.474. The maximum atomic E-state index is 9.94. The maximum Gasteiger partial charge on any atom is 0.329 e. The molecule has 11 heavy (non-hydrogen) atoms. The molecule has 0 radical (unpaired) electrons. The van der Waals surface area contributed by atoms with Crippen molar-refractivity contribution in [2.24, 2.45) is 0 Å². The minimum atomic E-state index is -1.00. The molecule has 0 aliphatic rings. The molecule has 0 amide bonds. The molecule has 4 nitrogen and oxygen atoms in total. The van der Waals surface area contributed by atoms with Crippen LogP contribution in [0.1, 0.15) is 20.8 Å². The lowest BCUT2D eigenvalue weighted by atomic mass is 10.2. The van der Waals surface area contributed by atoms with E-state index in [9.17, 15) is 4.79 Å². The van der Waals surface area contributed by atoms with Gasteiger partial charge in [0.1, 0.15) is 0 Å². The Hall–Kier alpha value is -1.03. The molecule has 0 aliphatic carbocycles. The van der Waals surface area contributed by atoms with E-state index < -0.39 is 5.97 Å². The molecular weight excluding hydrogens is 146 g/mol. The van der Waals surface area contributed by atoms with Crippen LogP contribution >= 0.6 is 0 Å². The Labute approximate surface area is 65.8 Å². The molecule has 0 rings (SSSR count). The molecule has 0 unspecified atom stereocenters. The first-order valence-corrected chi connectivity index (χ1v) is 3.25. The van der Waals surface area contributed by atoms with E-state index in [-0.39, 0.29) is 5.60 Å². The summed E-state index contributed by atoms with van der Waals surface area (Å²) in [6.45, 7) is 5.57. The molecule has 0 aliphatic heterocycles. The summed E-state index contributed by atoms with van der Waals surface area (Å²) in [7, 11) is 0. The monoisotopic (exact) mass is 159 g/mol. The van der Waals surface area contributed by atoms with Gasteiger partial charge in [-0.3, -0.25) is 10.3 Å². The lowest BCUT2D eigenvalue weighted by Crippen LogP contribution is -2.25. The third kappa shape index (κ3) is 8.97. The topological polar surface area (TPSA) is 58.6 Å². The SMILES string of the molecule is CC(C)(C)ON/C=C/C(=O)O. The van der Waals surface area contributed by atoms with E-state index >= 15 is 0 Å². The third-order valence-corrected chi connectivity index (χ3v) is 0.659. The summed E-state index contributed by atoms with van der Waals surface area (Å²) < 4.78 is 0. The Morgan fingerprint density at radius 3 is 2.45 bits per heavy atom. The van der Waals surface area contributed by atoms with Gasteiger partial charge in [-0.15, -0.1) is 0 Å². The summed E-state index contributed by atoms with van der Waals surface area (Å²) in [5.74, 6) is -1.00. The highest BCUT2D eigenvalue weighted by Gasteiger charge is 2.08. The van der Waals surface area contributed by atoms with Gasteiger partial charge in [0.2, 0.25) is 0 Å². The summed E-state index contributed by atoms with van der Waals surface area (Å²) in [5.41, 5.74) is 2.08. The van der Waals surface area contributed by atoms with Crippen LogP contribution in [0.2, 0.25) is 0 Å². The van der Waals surface area contributed by atoms with Crippen molar-refractivity contribution in [1.82, 2.24) is 5.48 Å². The lowest BCUT2D eigenvalue weighted by Gasteiger charge is -2.17. The van der Waals surface area contributed by atoms with Crippen molar-refractivity contribution in [2.75, 3.05) is 0 Å². The molecule has 0 saturated carbocycles. The fourth-order valence-corrected chi connectivity index (χ4v) is 0.316. The van der Waals surface area contributed by atoms with Gasteiger partial charge >= 0.3 is 5.97 Å². The number of rotatable bonds is 3. The number of nitrogens with one attached hydrogen (secondary N) is 1. The first-order valence-electron chi connectivity index (χ1n) is 3.25. The van der Waals surface area contributed by atoms with Gasteiger partial charge in [0.15, 0.2) is 0 Å². The van der Waals surface area contributed by atoms with Crippen LogP contribution in [0.15, 0.2) is 12.3 Å². The number of hydroxylamine groups is 1. The standard InChI is InChI=1S/C7H13NO3/c1-7(2,3)11-8-5-4-6(9)10/h4-5,8H,1-3H3,(H,9,10)/b5-4+. The molecule has 0 spiro atoms. The average molecular weight is 159 g/mol. The van der Waals surface area contributed by atoms with E-state index in [2.05, 4.69) is 5.48 Å². The normalized spacial score (nSPS) is 11.9. The van der Waals surface area contributed by atoms with Crippen molar-refractivity contribution < 1.29 is 14.7 Å². The number of aliphatic carboxylic acids is 1. The molecule has 2 N–H and O–H groups in total. The fourth-order valence-electron chi connectivity index (χ4n) is 0.316. The molecule has 0 heterocycles. The maximum absolute atomic E-state index is 9.94. The van der Waals surface area contributed by atoms with Gasteiger partial charge in [-0.05, 0) is 20.8 Å². The van der Waals surface area contributed by atoms with Crippen LogP contribution in [-0.2, 0) is 9.63 Å². The Kier molecular flexibility index (Phi) is 3.60. The van der Waals surface area contributed by atoms with Gasteiger partial charge in [0, 0.05) is 12.3 Å². The average Bonchev–Trinajstić information content (AvgIpc) is 1.78. The Morgan fingerprint density at radius 1 is 1.55 bits per heavy atom. The van der Waals surface area contributed by atoms with E-state index in [0.717, 1.165) is 6.08 Å². The Bertz CT molecular complexity index is 158. The van der Waals surface area contributed by atoms with Gasteiger partial charge < -0.3 is 5.11 Å². The van der Waals surface area contributed by atoms with E-state index in [4.69, 9.17) is 9.94 Å². The lowest BCUT2D eigenvalue weighted by molar-refractivity contribution is -0.131. The smallest absolute Gasteiger partial charge is 0.329 e. The number of carboxylic acid groups (broad SMARTS) is 1. The number of carbonyl (C=O) groups is 1. The number of carboxylic acids is 1. The van der Waals surface area contributed by atoms with Gasteiger partial charge in [-0.25, -0.2) is 4.79 Å². The van der Waals surface area contributed by atoms with E-state index in [1.165, 1.54) is 6.20 Å². The van der Waals surface area contributed by atoms with Crippen LogP contribution in [-0.4, -0.2) is 16.7 Å². The highest BCUT2D eigenvalue weighted by molar-refractivity contribution is 5.79. The summed E-state index contributed by atoms with van der Waals surface area (Å²) in [6.07, 6.45) is 2.19. The zero-order valence-electron chi connectivity index (χ0n) is 6.92. The van der Waals surface area contributed by atoms with Crippen molar-refractivity contribution in [3.8, 4) is 0 Å². The second-order valence-corrected chi connectivity index (χ2v) is 3.00. The number of hydrogen-bond acceptors (Lipinski definition) is 3. The first-order chi connectivity index (χ1) is 4.92. The summed E-state index contributed by atoms with van der Waals surface area (Å²) in [5, 5.41) is 8.16. The minimum absolute atomic E-state index is 0.317. The van der Waals surface area contributed by atoms with E-state index in [1.54, 1.807) is 0 Å². The molecule has 0 saturated heterocycles. The van der Waals surface area contributed by atoms with Gasteiger partial charge in [-0.2, -0.15) is 0 Å². The highest BCUT2D eigenvalue weighted by Crippen LogP contribution is 2.02. The summed E-state index contributed by atoms with van der Waals surface area (Å²) in [4.78, 5) is 14.9. The molecule has 0 aromatic rings. The minimum Gasteiger partial charge on any atom is -0.478 e. The van der Waals surface area contributed by atoms with Crippen molar-refractivity contribution in [3.05, 3.63) is 12.3 Å². The van der Waals surface area contributed by atoms with Crippen LogP contribution in [0, 0.1) is 0 Å². The molecule has 0 fully saturated rings. The molecule has 4 heteroatoms. The second-order valence-electron chi connectivity index (χ2n) is 3.00. The van der Waals surface area contributed by atoms with Crippen LogP contribution in [0.25, 0.3) is 0 Å². The zero-order valence-corrected chi connectivity index (χ0v) is 6.92. The van der Waals surface area contributed by atoms with Crippen LogP contribution in [0.4, 0.5) is 0 Å². The molecular formula is C7H13NO3. The fraction of sp³-hybridized carbons (Fsp3) is 0.571. The third-order valence-electron chi connectivity index (χ3n) is 0.659. The van der Waals surface area contributed by atoms with Crippen molar-refractivity contribution in [1.29, 1.82) is 0 Å². The number of hydrogen-bond donors (Lipinski definition) is 2. The molecule has 0 aromatic carbocycles. The van der Waals surface area contributed by atoms with Gasteiger partial charge in [0.25, 0.3) is 0 Å².